The molecule has 0 heterocycles. The molecule has 1 amide bonds. The van der Waals surface area contributed by atoms with Crippen LogP contribution in [-0.4, -0.2) is 29.1 Å². The molecule has 0 bridgehead atoms. The van der Waals surface area contributed by atoms with Gasteiger partial charge in [-0.1, -0.05) is 0 Å². The van der Waals surface area contributed by atoms with Crippen LogP contribution < -0.4 is 10.1 Å². The number of amides is 1. The fraction of sp³-hybridized carbons (Fsp3) is 0.286. The van der Waals surface area contributed by atoms with E-state index in [0.29, 0.717) is 0 Å². The van der Waals surface area contributed by atoms with Gasteiger partial charge in [-0.05, 0) is 30.5 Å². The first kappa shape index (κ1) is 15.3. The standard InChI is InChI=1S/C14H13N3O5/c1-22-12-6-8(5-11(13(12)18)17(20)21)4-9(7-15)14(19)16-10-2-3-10/h4-6,10,18H,2-3H2,1H3,(H,16,19)/b9-4+. The smallest absolute Gasteiger partial charge is 0.315 e. The summed E-state index contributed by atoms with van der Waals surface area (Å²) in [6.45, 7) is 0. The second-order valence-corrected chi connectivity index (χ2v) is 4.77. The number of phenolic OH excluding ortho intramolecular Hbond substituents is 1. The van der Waals surface area contributed by atoms with Gasteiger partial charge in [-0.25, -0.2) is 0 Å². The Kier molecular flexibility index (Phi) is 4.27. The molecule has 1 aliphatic carbocycles. The molecule has 0 spiro atoms. The van der Waals surface area contributed by atoms with E-state index < -0.39 is 22.3 Å². The molecule has 1 aromatic rings. The summed E-state index contributed by atoms with van der Waals surface area (Å²) in [7, 11) is 1.25. The first-order chi connectivity index (χ1) is 10.5. The third-order valence-electron chi connectivity index (χ3n) is 3.08. The van der Waals surface area contributed by atoms with Crippen molar-refractivity contribution < 1.29 is 19.6 Å². The van der Waals surface area contributed by atoms with Crippen LogP contribution in [0.1, 0.15) is 18.4 Å². The molecule has 1 saturated carbocycles. The number of hydrogen-bond acceptors (Lipinski definition) is 6. The van der Waals surface area contributed by atoms with Gasteiger partial charge in [0.15, 0.2) is 5.75 Å². The third kappa shape index (κ3) is 3.32. The van der Waals surface area contributed by atoms with E-state index in [1.54, 1.807) is 6.07 Å². The quantitative estimate of drug-likeness (QED) is 0.367. The maximum atomic E-state index is 11.9. The molecular weight excluding hydrogens is 290 g/mol. The summed E-state index contributed by atoms with van der Waals surface area (Å²) in [4.78, 5) is 22.0. The lowest BCUT2D eigenvalue weighted by Crippen LogP contribution is -2.26. The Morgan fingerprint density at radius 3 is 2.77 bits per heavy atom. The summed E-state index contributed by atoms with van der Waals surface area (Å²) >= 11 is 0. The first-order valence-corrected chi connectivity index (χ1v) is 6.44. The molecule has 1 aliphatic rings. The summed E-state index contributed by atoms with van der Waals surface area (Å²) in [5, 5.41) is 32.3. The number of nitro groups is 1. The van der Waals surface area contributed by atoms with Gasteiger partial charge in [-0.15, -0.1) is 0 Å². The Bertz CT molecular complexity index is 701. The van der Waals surface area contributed by atoms with Crippen molar-refractivity contribution in [3.63, 3.8) is 0 Å². The zero-order chi connectivity index (χ0) is 16.3. The van der Waals surface area contributed by atoms with Gasteiger partial charge in [-0.2, -0.15) is 5.26 Å². The third-order valence-corrected chi connectivity index (χ3v) is 3.08. The van der Waals surface area contributed by atoms with E-state index in [1.165, 1.54) is 19.3 Å². The first-order valence-electron chi connectivity index (χ1n) is 6.44. The highest BCUT2D eigenvalue weighted by molar-refractivity contribution is 6.02. The number of aromatic hydroxyl groups is 1. The zero-order valence-electron chi connectivity index (χ0n) is 11.7. The second kappa shape index (κ2) is 6.13. The van der Waals surface area contributed by atoms with Gasteiger partial charge in [0.1, 0.15) is 11.6 Å². The molecular formula is C14H13N3O5. The normalized spacial score (nSPS) is 14.1. The van der Waals surface area contributed by atoms with Crippen LogP contribution in [-0.2, 0) is 4.79 Å². The molecule has 0 aliphatic heterocycles. The number of benzene rings is 1. The number of methoxy groups -OCH3 is 1. The highest BCUT2D eigenvalue weighted by Gasteiger charge is 2.25. The largest absolute Gasteiger partial charge is 0.500 e. The van der Waals surface area contributed by atoms with Crippen molar-refractivity contribution in [1.82, 2.24) is 5.32 Å². The van der Waals surface area contributed by atoms with Gasteiger partial charge in [0.2, 0.25) is 5.75 Å². The summed E-state index contributed by atoms with van der Waals surface area (Å²) < 4.78 is 4.86. The highest BCUT2D eigenvalue weighted by atomic mass is 16.6. The van der Waals surface area contributed by atoms with E-state index in [-0.39, 0.29) is 22.9 Å². The van der Waals surface area contributed by atoms with Crippen molar-refractivity contribution in [2.75, 3.05) is 7.11 Å². The van der Waals surface area contributed by atoms with Crippen LogP contribution in [0.3, 0.4) is 0 Å². The summed E-state index contributed by atoms with van der Waals surface area (Å²) in [5.74, 6) is -1.24. The van der Waals surface area contributed by atoms with Crippen molar-refractivity contribution >= 4 is 17.7 Å². The maximum absolute atomic E-state index is 11.9. The lowest BCUT2D eigenvalue weighted by atomic mass is 10.1. The number of carbonyl (C=O) groups is 1. The molecule has 114 valence electrons. The van der Waals surface area contributed by atoms with Crippen molar-refractivity contribution in [3.05, 3.63) is 33.4 Å². The van der Waals surface area contributed by atoms with Crippen molar-refractivity contribution in [2.45, 2.75) is 18.9 Å². The van der Waals surface area contributed by atoms with Crippen LogP contribution in [0.5, 0.6) is 11.5 Å². The Morgan fingerprint density at radius 1 is 1.59 bits per heavy atom. The van der Waals surface area contributed by atoms with Crippen LogP contribution in [0, 0.1) is 21.4 Å². The molecule has 0 aromatic heterocycles. The second-order valence-electron chi connectivity index (χ2n) is 4.77. The average molecular weight is 303 g/mol. The van der Waals surface area contributed by atoms with Gasteiger partial charge in [0.25, 0.3) is 5.91 Å². The van der Waals surface area contributed by atoms with E-state index in [4.69, 9.17) is 10.00 Å². The number of ether oxygens (including phenoxy) is 1. The number of nitrogens with zero attached hydrogens (tertiary/aromatic N) is 2. The highest BCUT2D eigenvalue weighted by Crippen LogP contribution is 2.37. The Hall–Kier alpha value is -3.08. The number of rotatable bonds is 5. The van der Waals surface area contributed by atoms with E-state index in [2.05, 4.69) is 5.32 Å². The number of carbonyl (C=O) groups excluding carboxylic acids is 1. The summed E-state index contributed by atoms with van der Waals surface area (Å²) in [6.07, 6.45) is 2.97. The Morgan fingerprint density at radius 2 is 2.27 bits per heavy atom. The minimum atomic E-state index is -0.772. The van der Waals surface area contributed by atoms with Gasteiger partial charge in [-0.3, -0.25) is 14.9 Å². The fourth-order valence-electron chi connectivity index (χ4n) is 1.80. The topological polar surface area (TPSA) is 125 Å². The van der Waals surface area contributed by atoms with Crippen LogP contribution >= 0.6 is 0 Å². The van der Waals surface area contributed by atoms with Crippen LogP contribution in [0.15, 0.2) is 17.7 Å². The van der Waals surface area contributed by atoms with Gasteiger partial charge < -0.3 is 15.2 Å². The Labute approximate surface area is 125 Å². The fourth-order valence-corrected chi connectivity index (χ4v) is 1.80. The number of nitriles is 1. The lowest BCUT2D eigenvalue weighted by Gasteiger charge is -2.06. The predicted molar refractivity (Wildman–Crippen MR) is 76.1 cm³/mol. The molecule has 1 aromatic carbocycles. The van der Waals surface area contributed by atoms with Gasteiger partial charge >= 0.3 is 5.69 Å². The monoisotopic (exact) mass is 303 g/mol. The minimum Gasteiger partial charge on any atom is -0.500 e. The van der Waals surface area contributed by atoms with Gasteiger partial charge in [0, 0.05) is 12.1 Å². The van der Waals surface area contributed by atoms with Crippen molar-refractivity contribution in [1.29, 1.82) is 5.26 Å². The molecule has 0 unspecified atom stereocenters. The molecule has 0 radical (unpaired) electrons. The molecule has 22 heavy (non-hydrogen) atoms. The van der Waals surface area contributed by atoms with Gasteiger partial charge in [0.05, 0.1) is 12.0 Å². The number of nitrogens with one attached hydrogen (secondary N) is 1. The number of phenols is 1. The van der Waals surface area contributed by atoms with Crippen LogP contribution in [0.4, 0.5) is 5.69 Å². The van der Waals surface area contributed by atoms with E-state index in [1.807, 2.05) is 0 Å². The van der Waals surface area contributed by atoms with Crippen LogP contribution in [0.2, 0.25) is 0 Å². The van der Waals surface area contributed by atoms with Crippen molar-refractivity contribution in [2.24, 2.45) is 0 Å². The number of nitro benzene ring substituents is 1. The van der Waals surface area contributed by atoms with E-state index in [9.17, 15) is 20.0 Å². The maximum Gasteiger partial charge on any atom is 0.315 e. The van der Waals surface area contributed by atoms with Crippen molar-refractivity contribution in [3.8, 4) is 17.6 Å². The SMILES string of the molecule is COc1cc(/C=C(\C#N)C(=O)NC2CC2)cc([N+](=O)[O-])c1O. The molecule has 2 rings (SSSR count). The molecule has 0 saturated heterocycles. The zero-order valence-corrected chi connectivity index (χ0v) is 11.7. The minimum absolute atomic E-state index is 0.0907. The van der Waals surface area contributed by atoms with Crippen LogP contribution in [0.25, 0.3) is 6.08 Å². The predicted octanol–water partition coefficient (Wildman–Crippen LogP) is 1.49. The lowest BCUT2D eigenvalue weighted by molar-refractivity contribution is -0.386. The Balaban J connectivity index is 2.39. The van der Waals surface area contributed by atoms with E-state index in [0.717, 1.165) is 18.9 Å². The average Bonchev–Trinajstić information content (AvgIpc) is 3.29. The number of hydrogen-bond donors (Lipinski definition) is 2. The summed E-state index contributed by atoms with van der Waals surface area (Å²) in [6, 6.07) is 4.23. The summed E-state index contributed by atoms with van der Waals surface area (Å²) in [5.41, 5.74) is -0.525. The molecule has 1 fully saturated rings. The molecule has 0 atom stereocenters. The van der Waals surface area contributed by atoms with E-state index >= 15 is 0 Å². The molecule has 2 N–H and O–H groups in total. The molecule has 8 heteroatoms. The molecule has 8 nitrogen and oxygen atoms in total.